The maximum atomic E-state index is 4.49. The SMILES string of the molecule is CNc1ccc2[nH]c(C(C)(C)NC)nc2n1. The van der Waals surface area contributed by atoms with Gasteiger partial charge in [-0.1, -0.05) is 0 Å². The van der Waals surface area contributed by atoms with Crippen LogP contribution in [0, 0.1) is 0 Å². The van der Waals surface area contributed by atoms with E-state index < -0.39 is 0 Å². The molecule has 0 aliphatic carbocycles. The Labute approximate surface area is 94.7 Å². The molecule has 3 N–H and O–H groups in total. The molecule has 2 aromatic rings. The summed E-state index contributed by atoms with van der Waals surface area (Å²) < 4.78 is 0. The van der Waals surface area contributed by atoms with Crippen LogP contribution in [-0.4, -0.2) is 29.0 Å². The summed E-state index contributed by atoms with van der Waals surface area (Å²) in [6.07, 6.45) is 0. The number of anilines is 1. The summed E-state index contributed by atoms with van der Waals surface area (Å²) in [4.78, 5) is 12.1. The second-order valence-corrected chi connectivity index (χ2v) is 4.28. The Morgan fingerprint density at radius 3 is 2.56 bits per heavy atom. The zero-order valence-corrected chi connectivity index (χ0v) is 10.0. The lowest BCUT2D eigenvalue weighted by molar-refractivity contribution is 0.421. The van der Waals surface area contributed by atoms with Crippen LogP contribution in [0.3, 0.4) is 0 Å². The number of nitrogens with zero attached hydrogens (tertiary/aromatic N) is 2. The largest absolute Gasteiger partial charge is 0.373 e. The molecule has 0 amide bonds. The zero-order valence-electron chi connectivity index (χ0n) is 10.0. The standard InChI is InChI=1S/C11H17N5/c1-11(2,13-4)10-14-7-5-6-8(12-3)15-9(7)16-10/h5-6,13H,1-4H3,(H2,12,14,15,16). The molecule has 0 saturated heterocycles. The van der Waals surface area contributed by atoms with Gasteiger partial charge in [0.1, 0.15) is 11.6 Å². The molecule has 0 atom stereocenters. The molecule has 86 valence electrons. The van der Waals surface area contributed by atoms with Crippen LogP contribution in [0.5, 0.6) is 0 Å². The monoisotopic (exact) mass is 219 g/mol. The number of fused-ring (bicyclic) bond motifs is 1. The molecule has 0 bridgehead atoms. The summed E-state index contributed by atoms with van der Waals surface area (Å²) in [5, 5.41) is 6.21. The van der Waals surface area contributed by atoms with Crippen molar-refractivity contribution in [3.63, 3.8) is 0 Å². The summed E-state index contributed by atoms with van der Waals surface area (Å²) in [5.74, 6) is 1.72. The first-order valence-electron chi connectivity index (χ1n) is 5.31. The van der Waals surface area contributed by atoms with Crippen LogP contribution in [0.4, 0.5) is 5.82 Å². The Kier molecular flexibility index (Phi) is 2.55. The van der Waals surface area contributed by atoms with E-state index in [9.17, 15) is 0 Å². The predicted molar refractivity (Wildman–Crippen MR) is 65.5 cm³/mol. The topological polar surface area (TPSA) is 65.6 Å². The molecule has 0 aliphatic rings. The van der Waals surface area contributed by atoms with Crippen molar-refractivity contribution in [2.45, 2.75) is 19.4 Å². The Hall–Kier alpha value is -1.62. The molecule has 0 spiro atoms. The van der Waals surface area contributed by atoms with Gasteiger partial charge in [0, 0.05) is 7.05 Å². The quantitative estimate of drug-likeness (QED) is 0.731. The average molecular weight is 219 g/mol. The van der Waals surface area contributed by atoms with E-state index in [4.69, 9.17) is 0 Å². The zero-order chi connectivity index (χ0) is 11.8. The van der Waals surface area contributed by atoms with Gasteiger partial charge in [0.2, 0.25) is 0 Å². The number of pyridine rings is 1. The molecule has 5 heteroatoms. The van der Waals surface area contributed by atoms with Crippen LogP contribution in [0.15, 0.2) is 12.1 Å². The second kappa shape index (κ2) is 3.75. The van der Waals surface area contributed by atoms with Crippen molar-refractivity contribution in [3.05, 3.63) is 18.0 Å². The summed E-state index contributed by atoms with van der Waals surface area (Å²) in [7, 11) is 3.76. The summed E-state index contributed by atoms with van der Waals surface area (Å²) in [5.41, 5.74) is 1.52. The Balaban J connectivity index is 2.52. The van der Waals surface area contributed by atoms with Gasteiger partial charge in [-0.15, -0.1) is 0 Å². The number of H-pyrrole nitrogens is 1. The highest BCUT2D eigenvalue weighted by Crippen LogP contribution is 2.20. The van der Waals surface area contributed by atoms with Crippen molar-refractivity contribution in [3.8, 4) is 0 Å². The minimum atomic E-state index is -0.180. The van der Waals surface area contributed by atoms with Gasteiger partial charge in [0.15, 0.2) is 5.65 Å². The summed E-state index contributed by atoms with van der Waals surface area (Å²) in [6, 6.07) is 3.91. The lowest BCUT2D eigenvalue weighted by atomic mass is 10.1. The Bertz CT molecular complexity index is 500. The third-order valence-electron chi connectivity index (χ3n) is 2.82. The van der Waals surface area contributed by atoms with E-state index in [1.165, 1.54) is 0 Å². The van der Waals surface area contributed by atoms with Gasteiger partial charge in [0.25, 0.3) is 0 Å². The van der Waals surface area contributed by atoms with E-state index in [-0.39, 0.29) is 5.54 Å². The lowest BCUT2D eigenvalue weighted by Gasteiger charge is -2.20. The number of aromatic amines is 1. The smallest absolute Gasteiger partial charge is 0.179 e. The second-order valence-electron chi connectivity index (χ2n) is 4.28. The fraction of sp³-hybridized carbons (Fsp3) is 0.455. The first-order chi connectivity index (χ1) is 7.56. The lowest BCUT2D eigenvalue weighted by Crippen LogP contribution is -2.34. The minimum Gasteiger partial charge on any atom is -0.373 e. The van der Waals surface area contributed by atoms with Crippen molar-refractivity contribution < 1.29 is 0 Å². The van der Waals surface area contributed by atoms with Crippen LogP contribution in [-0.2, 0) is 5.54 Å². The fourth-order valence-electron chi connectivity index (χ4n) is 1.45. The summed E-state index contributed by atoms with van der Waals surface area (Å²) in [6.45, 7) is 4.15. The molecular formula is C11H17N5. The Morgan fingerprint density at radius 1 is 1.19 bits per heavy atom. The van der Waals surface area contributed by atoms with Crippen molar-refractivity contribution in [2.75, 3.05) is 19.4 Å². The van der Waals surface area contributed by atoms with Crippen molar-refractivity contribution in [1.29, 1.82) is 0 Å². The molecular weight excluding hydrogens is 202 g/mol. The highest BCUT2D eigenvalue weighted by Gasteiger charge is 2.22. The molecule has 5 nitrogen and oxygen atoms in total. The number of rotatable bonds is 3. The number of nitrogens with one attached hydrogen (secondary N) is 3. The predicted octanol–water partition coefficient (Wildman–Crippen LogP) is 1.45. The van der Waals surface area contributed by atoms with E-state index in [0.29, 0.717) is 0 Å². The number of aromatic nitrogens is 3. The van der Waals surface area contributed by atoms with Crippen molar-refractivity contribution in [2.24, 2.45) is 0 Å². The van der Waals surface area contributed by atoms with Gasteiger partial charge >= 0.3 is 0 Å². The van der Waals surface area contributed by atoms with E-state index in [0.717, 1.165) is 22.8 Å². The normalized spacial score (nSPS) is 12.0. The molecule has 0 fully saturated rings. The molecule has 0 aromatic carbocycles. The van der Waals surface area contributed by atoms with Gasteiger partial charge in [-0.25, -0.2) is 9.97 Å². The third kappa shape index (κ3) is 1.74. The van der Waals surface area contributed by atoms with Crippen LogP contribution >= 0.6 is 0 Å². The highest BCUT2D eigenvalue weighted by atomic mass is 15.1. The first kappa shape index (κ1) is 10.9. The molecule has 0 aliphatic heterocycles. The first-order valence-corrected chi connectivity index (χ1v) is 5.31. The van der Waals surface area contributed by atoms with Crippen molar-refractivity contribution in [1.82, 2.24) is 20.3 Å². The maximum Gasteiger partial charge on any atom is 0.179 e. The van der Waals surface area contributed by atoms with Crippen LogP contribution in [0.1, 0.15) is 19.7 Å². The molecule has 0 unspecified atom stereocenters. The maximum absolute atomic E-state index is 4.49. The van der Waals surface area contributed by atoms with E-state index in [1.54, 1.807) is 0 Å². The van der Waals surface area contributed by atoms with Crippen LogP contribution in [0.25, 0.3) is 11.2 Å². The molecule has 2 rings (SSSR count). The van der Waals surface area contributed by atoms with Gasteiger partial charge in [0.05, 0.1) is 11.1 Å². The number of imidazole rings is 1. The summed E-state index contributed by atoms with van der Waals surface area (Å²) >= 11 is 0. The minimum absolute atomic E-state index is 0.180. The van der Waals surface area contributed by atoms with Gasteiger partial charge in [-0.2, -0.15) is 0 Å². The molecule has 16 heavy (non-hydrogen) atoms. The van der Waals surface area contributed by atoms with Crippen LogP contribution < -0.4 is 10.6 Å². The van der Waals surface area contributed by atoms with Gasteiger partial charge < -0.3 is 15.6 Å². The van der Waals surface area contributed by atoms with Crippen molar-refractivity contribution >= 4 is 17.0 Å². The Morgan fingerprint density at radius 2 is 1.94 bits per heavy atom. The van der Waals surface area contributed by atoms with Gasteiger partial charge in [-0.05, 0) is 33.0 Å². The third-order valence-corrected chi connectivity index (χ3v) is 2.82. The molecule has 0 saturated carbocycles. The number of hydrogen-bond acceptors (Lipinski definition) is 4. The fourth-order valence-corrected chi connectivity index (χ4v) is 1.45. The van der Waals surface area contributed by atoms with Gasteiger partial charge in [-0.3, -0.25) is 0 Å². The van der Waals surface area contributed by atoms with Crippen LogP contribution in [0.2, 0.25) is 0 Å². The van der Waals surface area contributed by atoms with E-state index in [2.05, 4.69) is 39.4 Å². The van der Waals surface area contributed by atoms with E-state index >= 15 is 0 Å². The number of hydrogen-bond donors (Lipinski definition) is 3. The molecule has 2 heterocycles. The van der Waals surface area contributed by atoms with E-state index in [1.807, 2.05) is 26.2 Å². The molecule has 0 radical (unpaired) electrons. The highest BCUT2D eigenvalue weighted by molar-refractivity contribution is 5.73. The average Bonchev–Trinajstić information content (AvgIpc) is 2.72. The molecule has 2 aromatic heterocycles.